The van der Waals surface area contributed by atoms with Crippen LogP contribution < -0.4 is 19.5 Å². The summed E-state index contributed by atoms with van der Waals surface area (Å²) in [5, 5.41) is 3.87. The Hall–Kier alpha value is -2.16. The topological polar surface area (TPSA) is 105 Å². The number of methoxy groups -OCH3 is 2. The van der Waals surface area contributed by atoms with Gasteiger partial charge in [0.1, 0.15) is 12.3 Å². The third-order valence-electron chi connectivity index (χ3n) is 6.51. The van der Waals surface area contributed by atoms with Crippen molar-refractivity contribution in [2.24, 2.45) is 5.92 Å². The first-order valence-corrected chi connectivity index (χ1v) is 11.5. The van der Waals surface area contributed by atoms with Crippen molar-refractivity contribution in [2.75, 3.05) is 45.8 Å². The summed E-state index contributed by atoms with van der Waals surface area (Å²) in [7, 11) is 3.19. The quantitative estimate of drug-likeness (QED) is 0.594. The molecule has 1 saturated heterocycles. The zero-order valence-corrected chi connectivity index (χ0v) is 20.4. The number of nitrogens with one attached hydrogen (secondary N) is 1. The van der Waals surface area contributed by atoms with Crippen LogP contribution in [0.15, 0.2) is 16.7 Å². The fourth-order valence-corrected chi connectivity index (χ4v) is 4.82. The molecule has 1 saturated carbocycles. The molecule has 1 aliphatic carbocycles. The Kier molecular flexibility index (Phi) is 10.6. The molecule has 4 rings (SSSR count). The monoisotopic (exact) mass is 484 g/mol. The van der Waals surface area contributed by atoms with E-state index >= 15 is 0 Å². The normalized spacial score (nSPS) is 17.0. The Morgan fingerprint density at radius 2 is 1.70 bits per heavy atom. The molecule has 0 spiro atoms. The van der Waals surface area contributed by atoms with Gasteiger partial charge in [0.05, 0.1) is 25.9 Å². The lowest BCUT2D eigenvalue weighted by atomic mass is 9.88. The lowest BCUT2D eigenvalue weighted by Crippen LogP contribution is -2.33. The van der Waals surface area contributed by atoms with Crippen molar-refractivity contribution in [1.82, 2.24) is 4.90 Å². The Morgan fingerprint density at radius 1 is 1.03 bits per heavy atom. The van der Waals surface area contributed by atoms with Crippen LogP contribution in [0.4, 0.5) is 5.69 Å². The van der Waals surface area contributed by atoms with Crippen molar-refractivity contribution < 1.29 is 28.9 Å². The lowest BCUT2D eigenvalue weighted by molar-refractivity contribution is -0.120. The largest absolute Gasteiger partial charge is 0.494 e. The van der Waals surface area contributed by atoms with Crippen molar-refractivity contribution in [2.45, 2.75) is 51.4 Å². The molecule has 2 aliphatic rings. The van der Waals surface area contributed by atoms with E-state index in [9.17, 15) is 4.79 Å². The van der Waals surface area contributed by atoms with Gasteiger partial charge in [0.25, 0.3) is 0 Å². The average Bonchev–Trinajstić information content (AvgIpc) is 3.29. The molecule has 0 atom stereocenters. The summed E-state index contributed by atoms with van der Waals surface area (Å²) in [6.45, 7) is 3.54. The van der Waals surface area contributed by atoms with Crippen molar-refractivity contribution in [3.8, 4) is 17.2 Å². The summed E-state index contributed by atoms with van der Waals surface area (Å²) in [6.07, 6.45) is 10.6. The fraction of sp³-hybridized carbons (Fsp3) is 0.625. The zero-order valence-electron chi connectivity index (χ0n) is 19.6. The van der Waals surface area contributed by atoms with Crippen LogP contribution in [0.2, 0.25) is 0 Å². The minimum Gasteiger partial charge on any atom is -0.494 e. The molecule has 1 aliphatic heterocycles. The Bertz CT molecular complexity index is 891. The first-order valence-electron chi connectivity index (χ1n) is 11.5. The van der Waals surface area contributed by atoms with Crippen LogP contribution in [0.5, 0.6) is 17.2 Å². The second kappa shape index (κ2) is 12.9. The number of hydrogen-bond donors (Lipinski definition) is 1. The standard InChI is InChI=1S/C24H34N2O5.ClH.H2O/c1-28-20-18-11-15-30-21(18)23(29-2)22(31-16-14-26-12-7-4-8-13-26)19(20)25-24(27)17-9-5-3-6-10-17;;/h11,15,17H,3-10,12-14,16H2,1-2H3,(H,25,27);1H;1H2. The molecule has 1 aromatic heterocycles. The number of carbonyl (C=O) groups is 1. The Morgan fingerprint density at radius 3 is 2.36 bits per heavy atom. The molecule has 8 nitrogen and oxygen atoms in total. The maximum atomic E-state index is 13.1. The van der Waals surface area contributed by atoms with E-state index in [1.165, 1.54) is 25.7 Å². The number of hydrogen-bond acceptors (Lipinski definition) is 6. The van der Waals surface area contributed by atoms with E-state index in [0.717, 1.165) is 50.7 Å². The summed E-state index contributed by atoms with van der Waals surface area (Å²) in [5.41, 5.74) is 1.09. The SMILES string of the molecule is COc1c(NC(=O)C2CCCCC2)c(OCCN2CCCCC2)c(OC)c2occc12.Cl.O. The average molecular weight is 485 g/mol. The van der Waals surface area contributed by atoms with E-state index in [1.54, 1.807) is 20.5 Å². The minimum atomic E-state index is 0. The molecule has 0 unspecified atom stereocenters. The summed E-state index contributed by atoms with van der Waals surface area (Å²) < 4.78 is 23.3. The molecular formula is C24H37ClN2O6. The van der Waals surface area contributed by atoms with Gasteiger partial charge in [-0.2, -0.15) is 0 Å². The van der Waals surface area contributed by atoms with Crippen LogP contribution >= 0.6 is 12.4 Å². The Labute approximate surface area is 201 Å². The van der Waals surface area contributed by atoms with E-state index < -0.39 is 0 Å². The molecule has 9 heteroatoms. The molecule has 3 N–H and O–H groups in total. The van der Waals surface area contributed by atoms with Crippen LogP contribution in [0, 0.1) is 5.92 Å². The number of anilines is 1. The maximum Gasteiger partial charge on any atom is 0.227 e. The van der Waals surface area contributed by atoms with Crippen molar-refractivity contribution in [1.29, 1.82) is 0 Å². The maximum absolute atomic E-state index is 13.1. The number of rotatable bonds is 8. The molecule has 33 heavy (non-hydrogen) atoms. The summed E-state index contributed by atoms with van der Waals surface area (Å²) in [5.74, 6) is 1.54. The highest BCUT2D eigenvalue weighted by atomic mass is 35.5. The smallest absolute Gasteiger partial charge is 0.227 e. The molecular weight excluding hydrogens is 448 g/mol. The fourth-order valence-electron chi connectivity index (χ4n) is 4.82. The summed E-state index contributed by atoms with van der Waals surface area (Å²) in [6, 6.07) is 1.82. The number of likely N-dealkylation sites (tertiary alicyclic amines) is 1. The number of amides is 1. The van der Waals surface area contributed by atoms with Gasteiger partial charge >= 0.3 is 0 Å². The highest BCUT2D eigenvalue weighted by Gasteiger charge is 2.29. The molecule has 2 aromatic rings. The Balaban J connectivity index is 0.00000193. The van der Waals surface area contributed by atoms with Crippen LogP contribution in [0.25, 0.3) is 11.0 Å². The van der Waals surface area contributed by atoms with E-state index in [0.29, 0.717) is 35.1 Å². The van der Waals surface area contributed by atoms with Crippen LogP contribution in [-0.4, -0.2) is 56.7 Å². The summed E-state index contributed by atoms with van der Waals surface area (Å²) in [4.78, 5) is 15.5. The molecule has 2 heterocycles. The van der Waals surface area contributed by atoms with Crippen LogP contribution in [0.3, 0.4) is 0 Å². The predicted molar refractivity (Wildman–Crippen MR) is 131 cm³/mol. The minimum absolute atomic E-state index is 0. The number of nitrogens with zero attached hydrogens (tertiary/aromatic N) is 1. The first-order chi connectivity index (χ1) is 15.2. The van der Waals surface area contributed by atoms with Gasteiger partial charge in [-0.05, 0) is 44.8 Å². The van der Waals surface area contributed by atoms with Gasteiger partial charge in [-0.25, -0.2) is 0 Å². The second-order valence-corrected chi connectivity index (χ2v) is 8.51. The number of piperidine rings is 1. The van der Waals surface area contributed by atoms with Gasteiger partial charge in [0.15, 0.2) is 17.1 Å². The highest BCUT2D eigenvalue weighted by molar-refractivity contribution is 6.04. The van der Waals surface area contributed by atoms with E-state index in [2.05, 4.69) is 10.2 Å². The molecule has 0 radical (unpaired) electrons. The number of furan rings is 1. The van der Waals surface area contributed by atoms with Crippen molar-refractivity contribution in [3.63, 3.8) is 0 Å². The second-order valence-electron chi connectivity index (χ2n) is 8.51. The summed E-state index contributed by atoms with van der Waals surface area (Å²) >= 11 is 0. The van der Waals surface area contributed by atoms with Crippen molar-refractivity contribution in [3.05, 3.63) is 12.3 Å². The van der Waals surface area contributed by atoms with E-state index in [1.807, 2.05) is 6.07 Å². The number of fused-ring (bicyclic) bond motifs is 1. The number of carbonyl (C=O) groups excluding carboxylic acids is 1. The van der Waals surface area contributed by atoms with Gasteiger partial charge in [-0.3, -0.25) is 9.69 Å². The molecule has 2 fully saturated rings. The van der Waals surface area contributed by atoms with Gasteiger partial charge in [-0.1, -0.05) is 25.7 Å². The third-order valence-corrected chi connectivity index (χ3v) is 6.51. The van der Waals surface area contributed by atoms with E-state index in [-0.39, 0.29) is 29.7 Å². The van der Waals surface area contributed by atoms with Gasteiger partial charge in [0.2, 0.25) is 11.7 Å². The van der Waals surface area contributed by atoms with Crippen molar-refractivity contribution >= 4 is 35.0 Å². The lowest BCUT2D eigenvalue weighted by Gasteiger charge is -2.27. The predicted octanol–water partition coefficient (Wildman–Crippen LogP) is 4.43. The third kappa shape index (κ3) is 6.05. The van der Waals surface area contributed by atoms with Gasteiger partial charge < -0.3 is 29.4 Å². The molecule has 0 bridgehead atoms. The van der Waals surface area contributed by atoms with Gasteiger partial charge in [0, 0.05) is 12.5 Å². The highest BCUT2D eigenvalue weighted by Crippen LogP contribution is 2.50. The molecule has 1 aromatic carbocycles. The van der Waals surface area contributed by atoms with Crippen LogP contribution in [-0.2, 0) is 4.79 Å². The first kappa shape index (κ1) is 27.1. The number of halogens is 1. The van der Waals surface area contributed by atoms with E-state index in [4.69, 9.17) is 18.6 Å². The van der Waals surface area contributed by atoms with Crippen LogP contribution in [0.1, 0.15) is 51.4 Å². The molecule has 1 amide bonds. The number of ether oxygens (including phenoxy) is 3. The number of benzene rings is 1. The zero-order chi connectivity index (χ0) is 21.6. The van der Waals surface area contributed by atoms with Gasteiger partial charge in [-0.15, -0.1) is 12.4 Å². The molecule has 186 valence electrons.